The standard InChI is InChI=1S/C13H7ClN2O2/c14-12(6-5-9(7-15)8-16)10-3-1-2-4-11(10)13(17)18/h1-6H,(H,17,18). The van der Waals surface area contributed by atoms with Gasteiger partial charge in [-0.15, -0.1) is 0 Å². The fraction of sp³-hybridized carbons (Fsp3) is 0. The van der Waals surface area contributed by atoms with Crippen LogP contribution in [0.3, 0.4) is 0 Å². The number of nitriles is 2. The highest BCUT2D eigenvalue weighted by atomic mass is 35.5. The summed E-state index contributed by atoms with van der Waals surface area (Å²) in [5, 5.41) is 26.2. The average molecular weight is 259 g/mol. The van der Waals surface area contributed by atoms with Gasteiger partial charge in [0.05, 0.1) is 5.56 Å². The highest BCUT2D eigenvalue weighted by molar-refractivity contribution is 6.49. The summed E-state index contributed by atoms with van der Waals surface area (Å²) >= 11 is 5.95. The van der Waals surface area contributed by atoms with Gasteiger partial charge in [0.25, 0.3) is 0 Å². The fourth-order valence-electron chi connectivity index (χ4n) is 1.22. The Hall–Kier alpha value is -2.56. The molecule has 0 saturated heterocycles. The van der Waals surface area contributed by atoms with Gasteiger partial charge in [-0.3, -0.25) is 0 Å². The molecule has 0 heterocycles. The molecule has 0 unspecified atom stereocenters. The summed E-state index contributed by atoms with van der Waals surface area (Å²) in [7, 11) is 0. The van der Waals surface area contributed by atoms with Gasteiger partial charge in [-0.25, -0.2) is 4.79 Å². The van der Waals surface area contributed by atoms with Crippen molar-refractivity contribution in [2.24, 2.45) is 0 Å². The zero-order valence-corrected chi connectivity index (χ0v) is 9.85. The summed E-state index contributed by atoms with van der Waals surface area (Å²) in [4.78, 5) is 11.0. The molecule has 5 heteroatoms. The number of nitrogens with zero attached hydrogens (tertiary/aromatic N) is 2. The summed E-state index contributed by atoms with van der Waals surface area (Å²) in [6, 6.07) is 9.56. The van der Waals surface area contributed by atoms with E-state index in [4.69, 9.17) is 27.2 Å². The lowest BCUT2D eigenvalue weighted by molar-refractivity contribution is 0.0696. The second-order valence-corrected chi connectivity index (χ2v) is 3.58. The number of hydrogen-bond donors (Lipinski definition) is 1. The number of hydrogen-bond acceptors (Lipinski definition) is 3. The molecule has 0 amide bonds. The van der Waals surface area contributed by atoms with E-state index in [0.29, 0.717) is 5.56 Å². The molecule has 0 fully saturated rings. The highest BCUT2D eigenvalue weighted by Crippen LogP contribution is 2.23. The predicted octanol–water partition coefficient (Wildman–Crippen LogP) is 2.94. The monoisotopic (exact) mass is 258 g/mol. The predicted molar refractivity (Wildman–Crippen MR) is 66.5 cm³/mol. The number of halogens is 1. The molecule has 0 aliphatic rings. The Morgan fingerprint density at radius 2 is 1.72 bits per heavy atom. The van der Waals surface area contributed by atoms with Gasteiger partial charge in [0.2, 0.25) is 0 Å². The summed E-state index contributed by atoms with van der Waals surface area (Å²) in [6.07, 6.45) is 2.56. The lowest BCUT2D eigenvalue weighted by Crippen LogP contribution is -1.99. The maximum absolute atomic E-state index is 11.0. The summed E-state index contributed by atoms with van der Waals surface area (Å²) in [6.45, 7) is 0. The van der Waals surface area contributed by atoms with E-state index < -0.39 is 5.97 Å². The minimum absolute atomic E-state index is 0.0580. The Kier molecular flexibility index (Phi) is 4.68. The minimum Gasteiger partial charge on any atom is -0.478 e. The topological polar surface area (TPSA) is 84.9 Å². The Morgan fingerprint density at radius 1 is 1.17 bits per heavy atom. The highest BCUT2D eigenvalue weighted by Gasteiger charge is 2.10. The molecule has 88 valence electrons. The van der Waals surface area contributed by atoms with Gasteiger partial charge in [0.1, 0.15) is 17.7 Å². The largest absolute Gasteiger partial charge is 0.478 e. The van der Waals surface area contributed by atoms with Crippen molar-refractivity contribution < 1.29 is 9.90 Å². The first-order valence-electron chi connectivity index (χ1n) is 4.80. The van der Waals surface area contributed by atoms with Crippen LogP contribution in [0.2, 0.25) is 0 Å². The van der Waals surface area contributed by atoms with Gasteiger partial charge in [0, 0.05) is 10.6 Å². The molecule has 1 aromatic rings. The van der Waals surface area contributed by atoms with Crippen molar-refractivity contribution in [2.45, 2.75) is 0 Å². The van der Waals surface area contributed by atoms with Crippen LogP contribution in [0.5, 0.6) is 0 Å². The summed E-state index contributed by atoms with van der Waals surface area (Å²) in [5.41, 5.74) is 0.279. The van der Waals surface area contributed by atoms with Crippen molar-refractivity contribution >= 4 is 22.6 Å². The van der Waals surface area contributed by atoms with Crippen LogP contribution >= 0.6 is 11.6 Å². The summed E-state index contributed by atoms with van der Waals surface area (Å²) in [5.74, 6) is -1.10. The molecular weight excluding hydrogens is 252 g/mol. The van der Waals surface area contributed by atoms with Gasteiger partial charge in [0.15, 0.2) is 0 Å². The van der Waals surface area contributed by atoms with Crippen LogP contribution in [0.1, 0.15) is 15.9 Å². The third-order valence-electron chi connectivity index (χ3n) is 2.05. The van der Waals surface area contributed by atoms with E-state index in [1.165, 1.54) is 18.2 Å². The number of aromatic carboxylic acids is 1. The SMILES string of the molecule is N#CC(C#N)=CC=C(Cl)c1ccccc1C(=O)O. The van der Waals surface area contributed by atoms with Gasteiger partial charge >= 0.3 is 5.97 Å². The quantitative estimate of drug-likeness (QED) is 0.667. The first-order chi connectivity index (χ1) is 8.60. The lowest BCUT2D eigenvalue weighted by Gasteiger charge is -2.03. The van der Waals surface area contributed by atoms with Crippen LogP contribution < -0.4 is 0 Å². The van der Waals surface area contributed by atoms with Crippen molar-refractivity contribution in [1.82, 2.24) is 0 Å². The Balaban J connectivity index is 3.21. The minimum atomic E-state index is -1.10. The van der Waals surface area contributed by atoms with E-state index >= 15 is 0 Å². The van der Waals surface area contributed by atoms with Gasteiger partial charge in [-0.05, 0) is 18.2 Å². The summed E-state index contributed by atoms with van der Waals surface area (Å²) < 4.78 is 0. The van der Waals surface area contributed by atoms with Gasteiger partial charge in [-0.1, -0.05) is 29.8 Å². The second kappa shape index (κ2) is 6.24. The number of carboxylic acids is 1. The Morgan fingerprint density at radius 3 is 2.22 bits per heavy atom. The van der Waals surface area contributed by atoms with E-state index in [1.54, 1.807) is 30.3 Å². The molecule has 1 rings (SSSR count). The van der Waals surface area contributed by atoms with Crippen molar-refractivity contribution in [2.75, 3.05) is 0 Å². The molecule has 1 aromatic carbocycles. The third-order valence-corrected chi connectivity index (χ3v) is 2.38. The first-order valence-corrected chi connectivity index (χ1v) is 5.18. The van der Waals surface area contributed by atoms with E-state index in [-0.39, 0.29) is 16.2 Å². The van der Waals surface area contributed by atoms with Crippen molar-refractivity contribution in [3.63, 3.8) is 0 Å². The van der Waals surface area contributed by atoms with E-state index in [9.17, 15) is 4.79 Å². The Labute approximate surface area is 109 Å². The molecule has 0 atom stereocenters. The normalized spacial score (nSPS) is 10.1. The number of benzene rings is 1. The lowest BCUT2D eigenvalue weighted by atomic mass is 10.1. The second-order valence-electron chi connectivity index (χ2n) is 3.17. The molecule has 4 nitrogen and oxygen atoms in total. The smallest absolute Gasteiger partial charge is 0.336 e. The van der Waals surface area contributed by atoms with Crippen molar-refractivity contribution in [3.8, 4) is 12.1 Å². The van der Waals surface area contributed by atoms with Crippen LogP contribution in [-0.4, -0.2) is 11.1 Å². The molecule has 0 bridgehead atoms. The maximum atomic E-state index is 11.0. The van der Waals surface area contributed by atoms with E-state index in [1.807, 2.05) is 0 Å². The molecule has 0 aliphatic carbocycles. The Bertz CT molecular complexity index is 603. The van der Waals surface area contributed by atoms with Crippen LogP contribution in [0.4, 0.5) is 0 Å². The third kappa shape index (κ3) is 3.21. The average Bonchev–Trinajstić information content (AvgIpc) is 2.39. The van der Waals surface area contributed by atoms with Crippen LogP contribution in [0.15, 0.2) is 42.0 Å². The first kappa shape index (κ1) is 13.5. The maximum Gasteiger partial charge on any atom is 0.336 e. The van der Waals surface area contributed by atoms with Crippen molar-refractivity contribution in [3.05, 3.63) is 53.1 Å². The number of allylic oxidation sites excluding steroid dienone is 3. The zero-order chi connectivity index (χ0) is 13.5. The molecule has 1 N–H and O–H groups in total. The molecule has 0 aromatic heterocycles. The fourth-order valence-corrected chi connectivity index (χ4v) is 1.45. The van der Waals surface area contributed by atoms with E-state index in [2.05, 4.69) is 0 Å². The van der Waals surface area contributed by atoms with Gasteiger partial charge in [-0.2, -0.15) is 10.5 Å². The molecular formula is C13H7ClN2O2. The van der Waals surface area contributed by atoms with Crippen molar-refractivity contribution in [1.29, 1.82) is 10.5 Å². The number of carbonyl (C=O) groups is 1. The van der Waals surface area contributed by atoms with Crippen LogP contribution in [0, 0.1) is 22.7 Å². The molecule has 0 saturated carbocycles. The molecule has 0 radical (unpaired) electrons. The van der Waals surface area contributed by atoms with Gasteiger partial charge < -0.3 is 5.11 Å². The molecule has 18 heavy (non-hydrogen) atoms. The zero-order valence-electron chi connectivity index (χ0n) is 9.09. The number of carboxylic acid groups (broad SMARTS) is 1. The van der Waals surface area contributed by atoms with Crippen LogP contribution in [0.25, 0.3) is 5.03 Å². The van der Waals surface area contributed by atoms with E-state index in [0.717, 1.165) is 0 Å². The number of rotatable bonds is 3. The molecule has 0 spiro atoms. The molecule has 0 aliphatic heterocycles. The van der Waals surface area contributed by atoms with Crippen LogP contribution in [-0.2, 0) is 0 Å².